The van der Waals surface area contributed by atoms with Crippen molar-refractivity contribution in [3.63, 3.8) is 0 Å². The van der Waals surface area contributed by atoms with Crippen molar-refractivity contribution in [1.82, 2.24) is 9.97 Å². The lowest BCUT2D eigenvalue weighted by atomic mass is 10.2. The minimum atomic E-state index is -0.456. The second-order valence-electron chi connectivity index (χ2n) is 5.18. The maximum absolute atomic E-state index is 11.5. The summed E-state index contributed by atoms with van der Waals surface area (Å²) in [6, 6.07) is 11.0. The molecule has 0 aliphatic carbocycles. The number of fused-ring (bicyclic) bond motifs is 1. The Kier molecular flexibility index (Phi) is 5.09. The zero-order valence-electron chi connectivity index (χ0n) is 13.8. The summed E-state index contributed by atoms with van der Waals surface area (Å²) in [6.45, 7) is 1.81. The zero-order valence-corrected chi connectivity index (χ0v) is 14.6. The molecule has 3 aromatic rings. The lowest BCUT2D eigenvalue weighted by Crippen LogP contribution is -2.14. The van der Waals surface area contributed by atoms with Crippen molar-refractivity contribution in [2.24, 2.45) is 0 Å². The summed E-state index contributed by atoms with van der Waals surface area (Å²) in [6.07, 6.45) is 0. The summed E-state index contributed by atoms with van der Waals surface area (Å²) in [7, 11) is 1.52. The number of benzene rings is 2. The van der Waals surface area contributed by atoms with E-state index in [1.807, 2.05) is 24.3 Å². The van der Waals surface area contributed by atoms with Gasteiger partial charge in [0.25, 0.3) is 0 Å². The molecule has 0 fully saturated rings. The first-order valence-electron chi connectivity index (χ1n) is 7.73. The van der Waals surface area contributed by atoms with Gasteiger partial charge in [0, 0.05) is 11.6 Å². The molecule has 7 heteroatoms. The van der Waals surface area contributed by atoms with Gasteiger partial charge in [0.2, 0.25) is 0 Å². The summed E-state index contributed by atoms with van der Waals surface area (Å²) in [4.78, 5) is 19.2. The second-order valence-corrected chi connectivity index (χ2v) is 5.59. The summed E-state index contributed by atoms with van der Waals surface area (Å²) in [5, 5.41) is 0.429. The number of rotatable bonds is 6. The van der Waals surface area contributed by atoms with Gasteiger partial charge in [-0.15, -0.1) is 0 Å². The first-order valence-corrected chi connectivity index (χ1v) is 8.11. The molecule has 0 saturated carbocycles. The number of para-hydroxylation sites is 2. The number of aromatic nitrogens is 2. The molecule has 0 radical (unpaired) electrons. The van der Waals surface area contributed by atoms with Gasteiger partial charge < -0.3 is 19.2 Å². The van der Waals surface area contributed by atoms with Crippen LogP contribution in [0.15, 0.2) is 36.4 Å². The molecule has 130 valence electrons. The first kappa shape index (κ1) is 17.1. The van der Waals surface area contributed by atoms with E-state index in [2.05, 4.69) is 9.97 Å². The largest absolute Gasteiger partial charge is 0.493 e. The number of carbonyl (C=O) groups excluding carboxylic acids is 1. The molecule has 2 aromatic carbocycles. The van der Waals surface area contributed by atoms with E-state index in [1.165, 1.54) is 7.11 Å². The van der Waals surface area contributed by atoms with Crippen LogP contribution in [0.1, 0.15) is 6.92 Å². The summed E-state index contributed by atoms with van der Waals surface area (Å²) < 4.78 is 15.7. The molecule has 0 spiro atoms. The van der Waals surface area contributed by atoms with Gasteiger partial charge in [0.05, 0.1) is 29.8 Å². The minimum Gasteiger partial charge on any atom is -0.493 e. The normalized spacial score (nSPS) is 10.7. The van der Waals surface area contributed by atoms with Crippen LogP contribution < -0.4 is 9.47 Å². The molecule has 25 heavy (non-hydrogen) atoms. The Morgan fingerprint density at radius 3 is 2.76 bits per heavy atom. The fraction of sp³-hybridized carbons (Fsp3) is 0.222. The molecule has 0 amide bonds. The van der Waals surface area contributed by atoms with Crippen LogP contribution >= 0.6 is 11.6 Å². The predicted octanol–water partition coefficient (Wildman–Crippen LogP) is 3.83. The van der Waals surface area contributed by atoms with Crippen LogP contribution in [0.4, 0.5) is 0 Å². The van der Waals surface area contributed by atoms with Crippen LogP contribution in [0, 0.1) is 0 Å². The van der Waals surface area contributed by atoms with Crippen molar-refractivity contribution in [3.8, 4) is 22.9 Å². The van der Waals surface area contributed by atoms with Crippen molar-refractivity contribution in [2.45, 2.75) is 6.92 Å². The summed E-state index contributed by atoms with van der Waals surface area (Å²) in [5.74, 6) is 0.980. The molecule has 0 bridgehead atoms. The van der Waals surface area contributed by atoms with Crippen LogP contribution in [-0.4, -0.2) is 36.3 Å². The third-order valence-corrected chi connectivity index (χ3v) is 3.86. The fourth-order valence-corrected chi connectivity index (χ4v) is 2.65. The average molecular weight is 361 g/mol. The van der Waals surface area contributed by atoms with Gasteiger partial charge in [-0.2, -0.15) is 0 Å². The van der Waals surface area contributed by atoms with Gasteiger partial charge in [-0.05, 0) is 25.1 Å². The lowest BCUT2D eigenvalue weighted by molar-refractivity contribution is -0.145. The smallest absolute Gasteiger partial charge is 0.344 e. The molecule has 1 heterocycles. The number of imidazole rings is 1. The lowest BCUT2D eigenvalue weighted by Gasteiger charge is -2.12. The molecule has 6 nitrogen and oxygen atoms in total. The molecular formula is C18H17ClN2O4. The van der Waals surface area contributed by atoms with Crippen LogP contribution in [0.3, 0.4) is 0 Å². The number of carbonyl (C=O) groups is 1. The number of nitrogens with zero attached hydrogens (tertiary/aromatic N) is 1. The molecular weight excluding hydrogens is 344 g/mol. The van der Waals surface area contributed by atoms with Crippen LogP contribution in [0.25, 0.3) is 22.4 Å². The van der Waals surface area contributed by atoms with Gasteiger partial charge in [0.15, 0.2) is 18.1 Å². The summed E-state index contributed by atoms with van der Waals surface area (Å²) in [5.41, 5.74) is 2.43. The van der Waals surface area contributed by atoms with Crippen molar-refractivity contribution in [1.29, 1.82) is 0 Å². The number of hydrogen-bond acceptors (Lipinski definition) is 5. The molecule has 0 saturated heterocycles. The number of esters is 1. The standard InChI is InChI=1S/C18H17ClN2O4/c1-3-24-17(22)10-25-16-9-12(19)11(8-15(16)23-2)18-20-13-6-4-5-7-14(13)21-18/h4-9H,3,10H2,1-2H3,(H,20,21). The van der Waals surface area contributed by atoms with Gasteiger partial charge in [-0.1, -0.05) is 23.7 Å². The average Bonchev–Trinajstić information content (AvgIpc) is 3.04. The Morgan fingerprint density at radius 2 is 2.04 bits per heavy atom. The van der Waals surface area contributed by atoms with Crippen LogP contribution in [0.2, 0.25) is 5.02 Å². The predicted molar refractivity (Wildman–Crippen MR) is 95.2 cm³/mol. The third kappa shape index (κ3) is 3.69. The molecule has 1 aromatic heterocycles. The van der Waals surface area contributed by atoms with Crippen molar-refractivity contribution in [2.75, 3.05) is 20.3 Å². The van der Waals surface area contributed by atoms with E-state index in [0.717, 1.165) is 11.0 Å². The maximum atomic E-state index is 11.5. The molecule has 3 rings (SSSR count). The maximum Gasteiger partial charge on any atom is 0.344 e. The quantitative estimate of drug-likeness (QED) is 0.676. The zero-order chi connectivity index (χ0) is 17.8. The van der Waals surface area contributed by atoms with Gasteiger partial charge in [-0.25, -0.2) is 9.78 Å². The van der Waals surface area contributed by atoms with Crippen molar-refractivity contribution < 1.29 is 19.0 Å². The monoisotopic (exact) mass is 360 g/mol. The second kappa shape index (κ2) is 7.44. The number of aromatic amines is 1. The minimum absolute atomic E-state index is 0.218. The van der Waals surface area contributed by atoms with E-state index in [0.29, 0.717) is 34.5 Å². The first-order chi connectivity index (χ1) is 12.1. The topological polar surface area (TPSA) is 73.4 Å². The molecule has 0 aliphatic heterocycles. The Morgan fingerprint density at radius 1 is 1.24 bits per heavy atom. The van der Waals surface area contributed by atoms with E-state index in [4.69, 9.17) is 25.8 Å². The van der Waals surface area contributed by atoms with E-state index in [9.17, 15) is 4.79 Å². The Hall–Kier alpha value is -2.73. The molecule has 0 unspecified atom stereocenters. The number of halogens is 1. The van der Waals surface area contributed by atoms with E-state index in [-0.39, 0.29) is 6.61 Å². The fourth-order valence-electron chi connectivity index (χ4n) is 2.41. The highest BCUT2D eigenvalue weighted by Gasteiger charge is 2.16. The van der Waals surface area contributed by atoms with Crippen molar-refractivity contribution >= 4 is 28.6 Å². The highest BCUT2D eigenvalue weighted by Crippen LogP contribution is 2.38. The Bertz CT molecular complexity index is 874. The molecule has 1 N–H and O–H groups in total. The number of hydrogen-bond donors (Lipinski definition) is 1. The Balaban J connectivity index is 1.92. The van der Waals surface area contributed by atoms with E-state index >= 15 is 0 Å². The van der Waals surface area contributed by atoms with E-state index in [1.54, 1.807) is 19.1 Å². The van der Waals surface area contributed by atoms with Crippen LogP contribution in [0.5, 0.6) is 11.5 Å². The number of methoxy groups -OCH3 is 1. The van der Waals surface area contributed by atoms with E-state index < -0.39 is 5.97 Å². The highest BCUT2D eigenvalue weighted by molar-refractivity contribution is 6.33. The number of nitrogens with one attached hydrogen (secondary N) is 1. The molecule has 0 aliphatic rings. The number of ether oxygens (including phenoxy) is 3. The van der Waals surface area contributed by atoms with Gasteiger partial charge in [0.1, 0.15) is 5.82 Å². The van der Waals surface area contributed by atoms with Gasteiger partial charge >= 0.3 is 5.97 Å². The third-order valence-electron chi connectivity index (χ3n) is 3.55. The summed E-state index contributed by atoms with van der Waals surface area (Å²) >= 11 is 6.39. The molecule has 0 atom stereocenters. The van der Waals surface area contributed by atoms with Crippen LogP contribution in [-0.2, 0) is 9.53 Å². The van der Waals surface area contributed by atoms with Gasteiger partial charge in [-0.3, -0.25) is 0 Å². The number of H-pyrrole nitrogens is 1. The SMILES string of the molecule is CCOC(=O)COc1cc(Cl)c(-c2nc3ccccc3[nH]2)cc1OC. The Labute approximate surface area is 149 Å². The highest BCUT2D eigenvalue weighted by atomic mass is 35.5. The van der Waals surface area contributed by atoms with Crippen molar-refractivity contribution in [3.05, 3.63) is 41.4 Å².